The second kappa shape index (κ2) is 5.77. The number of carbonyl (C=O) groups is 2. The smallest absolute Gasteiger partial charge is 0.340 e. The third kappa shape index (κ3) is 3.70. The lowest BCUT2D eigenvalue weighted by molar-refractivity contribution is -0.380. The fourth-order valence-corrected chi connectivity index (χ4v) is 1.73. The SMILES string of the molecule is CC(=O)NCC#Cc1cc(C=O)sc1[N+](=O)[O-]. The summed E-state index contributed by atoms with van der Waals surface area (Å²) in [6.07, 6.45) is 0.538. The number of hydrogen-bond acceptors (Lipinski definition) is 5. The minimum Gasteiger partial charge on any atom is -0.345 e. The maximum Gasteiger partial charge on any atom is 0.340 e. The van der Waals surface area contributed by atoms with Crippen molar-refractivity contribution < 1.29 is 14.5 Å². The Morgan fingerprint density at radius 2 is 2.41 bits per heavy atom. The molecule has 0 unspecified atom stereocenters. The fourth-order valence-electron chi connectivity index (χ4n) is 0.991. The first-order valence-corrected chi connectivity index (χ1v) is 5.33. The molecule has 0 atom stereocenters. The van der Waals surface area contributed by atoms with Gasteiger partial charge in [-0.2, -0.15) is 0 Å². The van der Waals surface area contributed by atoms with Gasteiger partial charge in [0.1, 0.15) is 5.56 Å². The van der Waals surface area contributed by atoms with Crippen LogP contribution < -0.4 is 5.32 Å². The van der Waals surface area contributed by atoms with Crippen LogP contribution in [0.5, 0.6) is 0 Å². The van der Waals surface area contributed by atoms with Crippen LogP contribution in [0.2, 0.25) is 0 Å². The van der Waals surface area contributed by atoms with Crippen molar-refractivity contribution in [3.05, 3.63) is 26.6 Å². The van der Waals surface area contributed by atoms with Gasteiger partial charge in [0, 0.05) is 6.92 Å². The Morgan fingerprint density at radius 3 is 2.94 bits per heavy atom. The monoisotopic (exact) mass is 252 g/mol. The number of hydrogen-bond donors (Lipinski definition) is 1. The molecule has 1 rings (SSSR count). The molecule has 0 saturated carbocycles. The van der Waals surface area contributed by atoms with Crippen LogP contribution in [0.3, 0.4) is 0 Å². The van der Waals surface area contributed by atoms with Crippen molar-refractivity contribution in [2.45, 2.75) is 6.92 Å². The Bertz CT molecular complexity index is 524. The van der Waals surface area contributed by atoms with Crippen LogP contribution in [0.4, 0.5) is 5.00 Å². The molecule has 0 aliphatic carbocycles. The maximum absolute atomic E-state index is 10.7. The molecular weight excluding hydrogens is 244 g/mol. The standard InChI is InChI=1S/C10H8N2O4S/c1-7(14)11-4-2-3-8-5-9(6-13)17-10(8)12(15)16/h5-6H,4H2,1H3,(H,11,14). The van der Waals surface area contributed by atoms with Crippen LogP contribution in [0.15, 0.2) is 6.07 Å². The molecule has 1 heterocycles. The molecule has 1 aromatic heterocycles. The highest BCUT2D eigenvalue weighted by atomic mass is 32.1. The first-order valence-electron chi connectivity index (χ1n) is 4.51. The van der Waals surface area contributed by atoms with Crippen molar-refractivity contribution in [2.24, 2.45) is 0 Å². The molecule has 0 bridgehead atoms. The van der Waals surface area contributed by atoms with E-state index in [-0.39, 0.29) is 27.9 Å². The summed E-state index contributed by atoms with van der Waals surface area (Å²) in [6.45, 7) is 1.46. The van der Waals surface area contributed by atoms with Crippen LogP contribution >= 0.6 is 11.3 Å². The number of nitrogens with one attached hydrogen (secondary N) is 1. The predicted octanol–water partition coefficient (Wildman–Crippen LogP) is 0.956. The summed E-state index contributed by atoms with van der Waals surface area (Å²) in [4.78, 5) is 31.4. The quantitative estimate of drug-likeness (QED) is 0.375. The first kappa shape index (κ1) is 12.9. The molecule has 0 spiro atoms. The summed E-state index contributed by atoms with van der Waals surface area (Å²) in [7, 11) is 0. The van der Waals surface area contributed by atoms with E-state index in [1.165, 1.54) is 13.0 Å². The first-order chi connectivity index (χ1) is 8.04. The molecule has 17 heavy (non-hydrogen) atoms. The molecule has 1 N–H and O–H groups in total. The van der Waals surface area contributed by atoms with Gasteiger partial charge in [-0.3, -0.25) is 19.7 Å². The van der Waals surface area contributed by atoms with Gasteiger partial charge in [-0.15, -0.1) is 0 Å². The Balaban J connectivity index is 2.88. The lowest BCUT2D eigenvalue weighted by Gasteiger charge is -1.90. The van der Waals surface area contributed by atoms with Gasteiger partial charge >= 0.3 is 5.00 Å². The highest BCUT2D eigenvalue weighted by Gasteiger charge is 2.17. The molecule has 0 aromatic carbocycles. The lowest BCUT2D eigenvalue weighted by Crippen LogP contribution is -2.19. The van der Waals surface area contributed by atoms with Crippen molar-refractivity contribution in [1.82, 2.24) is 5.32 Å². The minimum atomic E-state index is -0.583. The average Bonchev–Trinajstić information content (AvgIpc) is 2.67. The molecular formula is C10H8N2O4S. The lowest BCUT2D eigenvalue weighted by atomic mass is 10.3. The minimum absolute atomic E-state index is 0.110. The second-order valence-electron chi connectivity index (χ2n) is 2.95. The Hall–Kier alpha value is -2.20. The van der Waals surface area contributed by atoms with E-state index in [9.17, 15) is 19.7 Å². The Kier molecular flexibility index (Phi) is 4.37. The van der Waals surface area contributed by atoms with Crippen molar-refractivity contribution in [1.29, 1.82) is 0 Å². The van der Waals surface area contributed by atoms with E-state index >= 15 is 0 Å². The van der Waals surface area contributed by atoms with Crippen LogP contribution in [0, 0.1) is 22.0 Å². The zero-order valence-corrected chi connectivity index (χ0v) is 9.67. The topological polar surface area (TPSA) is 89.3 Å². The van der Waals surface area contributed by atoms with Crippen molar-refractivity contribution in [3.63, 3.8) is 0 Å². The second-order valence-corrected chi connectivity index (χ2v) is 4.02. The van der Waals surface area contributed by atoms with Gasteiger partial charge in [-0.05, 0) is 6.07 Å². The summed E-state index contributed by atoms with van der Waals surface area (Å²) < 4.78 is 0. The number of rotatable bonds is 3. The van der Waals surface area contributed by atoms with Gasteiger partial charge in [0.25, 0.3) is 0 Å². The predicted molar refractivity (Wildman–Crippen MR) is 61.9 cm³/mol. The summed E-state index contributed by atoms with van der Waals surface area (Å²) in [5.41, 5.74) is 0.187. The van der Waals surface area contributed by atoms with Crippen molar-refractivity contribution >= 4 is 28.5 Å². The van der Waals surface area contributed by atoms with Crippen molar-refractivity contribution in [2.75, 3.05) is 6.54 Å². The van der Waals surface area contributed by atoms with E-state index in [1.807, 2.05) is 0 Å². The zero-order chi connectivity index (χ0) is 12.8. The van der Waals surface area contributed by atoms with E-state index in [4.69, 9.17) is 0 Å². The van der Waals surface area contributed by atoms with Crippen molar-refractivity contribution in [3.8, 4) is 11.8 Å². The van der Waals surface area contributed by atoms with Crippen LogP contribution in [-0.2, 0) is 4.79 Å². The van der Waals surface area contributed by atoms with Crippen LogP contribution in [0.25, 0.3) is 0 Å². The summed E-state index contributed by atoms with van der Waals surface area (Å²) >= 11 is 0.775. The largest absolute Gasteiger partial charge is 0.345 e. The van der Waals surface area contributed by atoms with E-state index < -0.39 is 4.92 Å². The molecule has 7 heteroatoms. The molecule has 1 amide bonds. The maximum atomic E-state index is 10.7. The number of thiophene rings is 1. The molecule has 1 aromatic rings. The fraction of sp³-hybridized carbons (Fsp3) is 0.200. The summed E-state index contributed by atoms with van der Waals surface area (Å²) in [5.74, 6) is 4.89. The number of nitrogens with zero attached hydrogens (tertiary/aromatic N) is 1. The van der Waals surface area contributed by atoms with Crippen LogP contribution in [-0.4, -0.2) is 23.7 Å². The molecule has 6 nitrogen and oxygen atoms in total. The third-order valence-electron chi connectivity index (χ3n) is 1.66. The van der Waals surface area contributed by atoms with Gasteiger partial charge in [0.15, 0.2) is 6.29 Å². The van der Waals surface area contributed by atoms with Gasteiger partial charge < -0.3 is 5.32 Å². The van der Waals surface area contributed by atoms with E-state index in [0.29, 0.717) is 6.29 Å². The number of amides is 1. The number of carbonyl (C=O) groups excluding carboxylic acids is 2. The Morgan fingerprint density at radius 1 is 1.71 bits per heavy atom. The molecule has 88 valence electrons. The van der Waals surface area contributed by atoms with Gasteiger partial charge in [-0.1, -0.05) is 23.2 Å². The molecule has 0 radical (unpaired) electrons. The van der Waals surface area contributed by atoms with E-state index in [2.05, 4.69) is 17.2 Å². The number of nitro groups is 1. The molecule has 0 saturated heterocycles. The van der Waals surface area contributed by atoms with Gasteiger partial charge in [0.2, 0.25) is 5.91 Å². The normalized spacial score (nSPS) is 9.00. The molecule has 0 aliphatic heterocycles. The molecule has 0 aliphatic rings. The Labute approximate surface area is 101 Å². The average molecular weight is 252 g/mol. The highest BCUT2D eigenvalue weighted by Crippen LogP contribution is 2.28. The van der Waals surface area contributed by atoms with Crippen LogP contribution in [0.1, 0.15) is 22.2 Å². The third-order valence-corrected chi connectivity index (χ3v) is 2.67. The zero-order valence-electron chi connectivity index (χ0n) is 8.85. The highest BCUT2D eigenvalue weighted by molar-refractivity contribution is 7.17. The van der Waals surface area contributed by atoms with E-state index in [1.54, 1.807) is 0 Å². The molecule has 0 fully saturated rings. The summed E-state index contributed by atoms with van der Waals surface area (Å²) in [5, 5.41) is 12.9. The van der Waals surface area contributed by atoms with E-state index in [0.717, 1.165) is 11.3 Å². The summed E-state index contributed by atoms with van der Waals surface area (Å²) in [6, 6.07) is 1.36. The van der Waals surface area contributed by atoms with Gasteiger partial charge in [-0.25, -0.2) is 0 Å². The number of aldehydes is 1. The van der Waals surface area contributed by atoms with Gasteiger partial charge in [0.05, 0.1) is 16.3 Å².